The lowest BCUT2D eigenvalue weighted by Crippen LogP contribution is -1.99. The number of hydrogen-bond donors (Lipinski definition) is 0. The lowest BCUT2D eigenvalue weighted by atomic mass is 10.2. The smallest absolute Gasteiger partial charge is 0.258 e. The summed E-state index contributed by atoms with van der Waals surface area (Å²) in [5.74, 6) is -0.756. The molecule has 8 heteroatoms. The number of rotatable bonds is 3. The summed E-state index contributed by atoms with van der Waals surface area (Å²) < 4.78 is 22.8. The van der Waals surface area contributed by atoms with Crippen LogP contribution in [0.1, 0.15) is 7.06 Å². The van der Waals surface area contributed by atoms with Crippen LogP contribution in [0.2, 0.25) is 0 Å². The standard InChI is InChI=1S/C14H10FN5O2/c1-9-4-13(17-8-16-9)10-6-18-19(7-10)14-3-2-11(20(21)22)5-12(14)15/h2-8H,1H3/i8D. The molecule has 0 saturated heterocycles. The van der Waals surface area contributed by atoms with Crippen LogP contribution in [0.4, 0.5) is 10.1 Å². The van der Waals surface area contributed by atoms with Crippen molar-refractivity contribution < 1.29 is 10.7 Å². The van der Waals surface area contributed by atoms with Gasteiger partial charge in [0.15, 0.2) is 5.82 Å². The Hall–Kier alpha value is -3.16. The Morgan fingerprint density at radius 3 is 2.86 bits per heavy atom. The van der Waals surface area contributed by atoms with Gasteiger partial charge in [-0.15, -0.1) is 0 Å². The Bertz CT molecular complexity index is 892. The molecule has 110 valence electrons. The minimum atomic E-state index is -0.756. The minimum absolute atomic E-state index is 0.0822. The van der Waals surface area contributed by atoms with E-state index in [1.807, 2.05) is 0 Å². The average Bonchev–Trinajstić information content (AvgIpc) is 2.95. The number of aromatic nitrogens is 4. The summed E-state index contributed by atoms with van der Waals surface area (Å²) in [7, 11) is 0. The van der Waals surface area contributed by atoms with Crippen LogP contribution < -0.4 is 0 Å². The quantitative estimate of drug-likeness (QED) is 0.548. The number of nitro groups is 1. The van der Waals surface area contributed by atoms with E-state index in [0.29, 0.717) is 17.0 Å². The predicted molar refractivity (Wildman–Crippen MR) is 75.9 cm³/mol. The second-order valence-corrected chi connectivity index (χ2v) is 4.56. The van der Waals surface area contributed by atoms with E-state index >= 15 is 0 Å². The Labute approximate surface area is 125 Å². The first-order chi connectivity index (χ1) is 10.9. The largest absolute Gasteiger partial charge is 0.272 e. The number of benzene rings is 1. The summed E-state index contributed by atoms with van der Waals surface area (Å²) in [4.78, 5) is 17.8. The average molecular weight is 300 g/mol. The molecule has 0 aliphatic heterocycles. The molecule has 2 heterocycles. The number of halogens is 1. The van der Waals surface area contributed by atoms with E-state index < -0.39 is 10.7 Å². The van der Waals surface area contributed by atoms with Gasteiger partial charge in [0, 0.05) is 23.5 Å². The maximum atomic E-state index is 14.0. The van der Waals surface area contributed by atoms with E-state index in [9.17, 15) is 14.5 Å². The molecule has 7 nitrogen and oxygen atoms in total. The highest BCUT2D eigenvalue weighted by Crippen LogP contribution is 2.22. The van der Waals surface area contributed by atoms with Crippen LogP contribution in [0.3, 0.4) is 0 Å². The molecule has 3 rings (SSSR count). The van der Waals surface area contributed by atoms with Crippen LogP contribution in [0.5, 0.6) is 0 Å². The molecule has 22 heavy (non-hydrogen) atoms. The number of hydrogen-bond acceptors (Lipinski definition) is 5. The molecule has 0 atom stereocenters. The van der Waals surface area contributed by atoms with Crippen molar-refractivity contribution in [2.45, 2.75) is 6.92 Å². The minimum Gasteiger partial charge on any atom is -0.258 e. The van der Waals surface area contributed by atoms with Crippen molar-refractivity contribution in [1.29, 1.82) is 0 Å². The number of aryl methyl sites for hydroxylation is 1. The molecular weight excluding hydrogens is 289 g/mol. The zero-order chi connectivity index (χ0) is 16.6. The highest BCUT2D eigenvalue weighted by atomic mass is 19.1. The maximum Gasteiger partial charge on any atom is 0.272 e. The van der Waals surface area contributed by atoms with E-state index in [1.54, 1.807) is 13.0 Å². The maximum absolute atomic E-state index is 14.0. The van der Waals surface area contributed by atoms with Crippen LogP contribution in [-0.2, 0) is 0 Å². The van der Waals surface area contributed by atoms with Crippen molar-refractivity contribution in [3.8, 4) is 16.9 Å². The Morgan fingerprint density at radius 2 is 2.18 bits per heavy atom. The van der Waals surface area contributed by atoms with Crippen molar-refractivity contribution >= 4 is 5.69 Å². The van der Waals surface area contributed by atoms with E-state index in [1.165, 1.54) is 29.2 Å². The molecule has 0 fully saturated rings. The van der Waals surface area contributed by atoms with Crippen LogP contribution in [0.25, 0.3) is 16.9 Å². The second kappa shape index (κ2) is 5.32. The monoisotopic (exact) mass is 300 g/mol. The van der Waals surface area contributed by atoms with Gasteiger partial charge >= 0.3 is 0 Å². The van der Waals surface area contributed by atoms with Gasteiger partial charge in [-0.1, -0.05) is 0 Å². The van der Waals surface area contributed by atoms with Gasteiger partial charge < -0.3 is 0 Å². The zero-order valence-corrected chi connectivity index (χ0v) is 11.4. The van der Waals surface area contributed by atoms with Crippen molar-refractivity contribution in [2.75, 3.05) is 0 Å². The molecule has 1 aromatic carbocycles. The SMILES string of the molecule is [2H]c1nc(C)cc(-c2cnn(-c3ccc([N+](=O)[O-])cc3F)c2)n1. The van der Waals surface area contributed by atoms with Gasteiger partial charge in [-0.2, -0.15) is 5.10 Å². The highest BCUT2D eigenvalue weighted by Gasteiger charge is 2.13. The molecule has 0 aliphatic carbocycles. The summed E-state index contributed by atoms with van der Waals surface area (Å²) in [5.41, 5.74) is 1.47. The topological polar surface area (TPSA) is 86.7 Å². The molecule has 0 saturated carbocycles. The molecule has 2 aromatic heterocycles. The van der Waals surface area contributed by atoms with E-state index in [-0.39, 0.29) is 17.7 Å². The van der Waals surface area contributed by atoms with Crippen LogP contribution in [-0.4, -0.2) is 24.7 Å². The predicted octanol–water partition coefficient (Wildman–Crippen LogP) is 2.69. The van der Waals surface area contributed by atoms with Gasteiger partial charge in [-0.3, -0.25) is 10.1 Å². The first-order valence-electron chi connectivity index (χ1n) is 6.75. The van der Waals surface area contributed by atoms with Gasteiger partial charge in [-0.25, -0.2) is 19.0 Å². The van der Waals surface area contributed by atoms with Gasteiger partial charge in [0.2, 0.25) is 0 Å². The fourth-order valence-corrected chi connectivity index (χ4v) is 1.95. The van der Waals surface area contributed by atoms with Crippen LogP contribution in [0.15, 0.2) is 43.0 Å². The lowest BCUT2D eigenvalue weighted by Gasteiger charge is -2.02. The molecule has 0 N–H and O–H groups in total. The number of nitrogens with zero attached hydrogens (tertiary/aromatic N) is 5. The highest BCUT2D eigenvalue weighted by molar-refractivity contribution is 5.58. The molecule has 3 aromatic rings. The molecule has 0 aliphatic rings. The van der Waals surface area contributed by atoms with Gasteiger partial charge in [0.05, 0.1) is 22.9 Å². The summed E-state index contributed by atoms with van der Waals surface area (Å²) >= 11 is 0. The van der Waals surface area contributed by atoms with Crippen LogP contribution in [0, 0.1) is 22.9 Å². The van der Waals surface area contributed by atoms with E-state index in [2.05, 4.69) is 15.1 Å². The molecule has 0 bridgehead atoms. The van der Waals surface area contributed by atoms with E-state index in [0.717, 1.165) is 6.07 Å². The normalized spacial score (nSPS) is 11.3. The van der Waals surface area contributed by atoms with Crippen molar-refractivity contribution in [1.82, 2.24) is 19.7 Å². The summed E-state index contributed by atoms with van der Waals surface area (Å²) in [6.07, 6.45) is 2.89. The van der Waals surface area contributed by atoms with Crippen LogP contribution >= 0.6 is 0 Å². The van der Waals surface area contributed by atoms with Crippen molar-refractivity contribution in [3.63, 3.8) is 0 Å². The van der Waals surface area contributed by atoms with Crippen molar-refractivity contribution in [3.05, 3.63) is 64.6 Å². The van der Waals surface area contributed by atoms with Gasteiger partial charge in [0.25, 0.3) is 5.69 Å². The third kappa shape index (κ3) is 2.53. The number of nitro benzene ring substituents is 1. The van der Waals surface area contributed by atoms with Gasteiger partial charge in [0.1, 0.15) is 13.4 Å². The van der Waals surface area contributed by atoms with E-state index in [4.69, 9.17) is 1.37 Å². The molecule has 0 amide bonds. The second-order valence-electron chi connectivity index (χ2n) is 4.56. The number of non-ortho nitro benzene ring substituents is 1. The fraction of sp³-hybridized carbons (Fsp3) is 0.0714. The Balaban J connectivity index is 2.00. The first-order valence-corrected chi connectivity index (χ1v) is 6.25. The van der Waals surface area contributed by atoms with Crippen molar-refractivity contribution in [2.24, 2.45) is 0 Å². The Kier molecular flexibility index (Phi) is 3.04. The zero-order valence-electron chi connectivity index (χ0n) is 12.4. The summed E-state index contributed by atoms with van der Waals surface area (Å²) in [5, 5.41) is 14.7. The molecular formula is C14H10FN5O2. The molecule has 0 radical (unpaired) electrons. The third-order valence-electron chi connectivity index (χ3n) is 3.01. The fourth-order valence-electron chi connectivity index (χ4n) is 1.95. The molecule has 0 unspecified atom stereocenters. The Morgan fingerprint density at radius 1 is 1.36 bits per heavy atom. The third-order valence-corrected chi connectivity index (χ3v) is 3.01. The summed E-state index contributed by atoms with van der Waals surface area (Å²) in [6.45, 7) is 1.74. The summed E-state index contributed by atoms with van der Waals surface area (Å²) in [6, 6.07) is 5.01. The first kappa shape index (κ1) is 12.6. The molecule has 0 spiro atoms. The lowest BCUT2D eigenvalue weighted by molar-refractivity contribution is -0.385. The van der Waals surface area contributed by atoms with Gasteiger partial charge in [-0.05, 0) is 19.1 Å².